The van der Waals surface area contributed by atoms with E-state index in [1.165, 1.54) is 13.5 Å². The number of ether oxygens (including phenoxy) is 2. The summed E-state index contributed by atoms with van der Waals surface area (Å²) in [5, 5.41) is 0. The number of hydrogen-bond donors (Lipinski definition) is 0. The van der Waals surface area contributed by atoms with E-state index in [-0.39, 0.29) is 12.1 Å². The second-order valence-corrected chi connectivity index (χ2v) is 7.55. The summed E-state index contributed by atoms with van der Waals surface area (Å²) in [5.74, 6) is 0.700. The van der Waals surface area contributed by atoms with Crippen molar-refractivity contribution in [1.29, 1.82) is 0 Å². The molecule has 0 aliphatic heterocycles. The normalized spacial score (nSPS) is 31.0. The van der Waals surface area contributed by atoms with E-state index in [4.69, 9.17) is 9.47 Å². The van der Waals surface area contributed by atoms with Gasteiger partial charge in [0.2, 0.25) is 0 Å². The van der Waals surface area contributed by atoms with Gasteiger partial charge in [0.25, 0.3) is 0 Å². The van der Waals surface area contributed by atoms with E-state index in [1.54, 1.807) is 0 Å². The molecule has 2 rings (SSSR count). The van der Waals surface area contributed by atoms with E-state index in [0.29, 0.717) is 30.6 Å². The largest absolute Gasteiger partial charge is 0.468 e. The molecule has 3 atom stereocenters. The van der Waals surface area contributed by atoms with Crippen LogP contribution in [-0.2, 0) is 19.1 Å². The third kappa shape index (κ3) is 3.31. The molecule has 0 unspecified atom stereocenters. The van der Waals surface area contributed by atoms with E-state index in [1.807, 2.05) is 0 Å². The Labute approximate surface area is 133 Å². The van der Waals surface area contributed by atoms with Gasteiger partial charge in [0.05, 0.1) is 7.11 Å². The van der Waals surface area contributed by atoms with Gasteiger partial charge in [0.15, 0.2) is 5.41 Å². The summed E-state index contributed by atoms with van der Waals surface area (Å²) in [6.07, 6.45) is 6.05. The molecule has 0 bridgehead atoms. The molecule has 22 heavy (non-hydrogen) atoms. The molecule has 0 aromatic carbocycles. The molecule has 2 aliphatic carbocycles. The van der Waals surface area contributed by atoms with Gasteiger partial charge in [-0.25, -0.2) is 0 Å². The van der Waals surface area contributed by atoms with Crippen LogP contribution in [0.4, 0.5) is 0 Å². The number of carbonyl (C=O) groups excluding carboxylic acids is 2. The summed E-state index contributed by atoms with van der Waals surface area (Å²) in [7, 11) is 1.36. The molecule has 0 spiro atoms. The minimum Gasteiger partial charge on any atom is -0.468 e. The zero-order valence-corrected chi connectivity index (χ0v) is 14.4. The average Bonchev–Trinajstić information content (AvgIpc) is 2.97. The summed E-state index contributed by atoms with van der Waals surface area (Å²) in [6, 6.07) is 0. The van der Waals surface area contributed by atoms with Crippen molar-refractivity contribution in [2.45, 2.75) is 71.8 Å². The Morgan fingerprint density at radius 1 is 1.09 bits per heavy atom. The first-order chi connectivity index (χ1) is 10.4. The standard InChI is InChI=1S/C18H30O4/c1-12(2)14-8-7-13(3)11-15(14)22-17(20)18(16(19)21-4)9-5-6-10-18/h12-15H,5-11H2,1-4H3/t13-,14+,15-/m1/s1. The predicted octanol–water partition coefficient (Wildman–Crippen LogP) is 3.72. The SMILES string of the molecule is COC(=O)C1(C(=O)O[C@@H]2C[C@H](C)CC[C@H]2C(C)C)CCCC1. The van der Waals surface area contributed by atoms with Gasteiger partial charge >= 0.3 is 11.9 Å². The van der Waals surface area contributed by atoms with E-state index >= 15 is 0 Å². The van der Waals surface area contributed by atoms with E-state index in [0.717, 1.165) is 25.7 Å². The van der Waals surface area contributed by atoms with Gasteiger partial charge in [-0.3, -0.25) is 9.59 Å². The third-order valence-corrected chi connectivity index (χ3v) is 5.64. The lowest BCUT2D eigenvalue weighted by Crippen LogP contribution is -2.44. The highest BCUT2D eigenvalue weighted by molar-refractivity contribution is 6.00. The van der Waals surface area contributed by atoms with Crippen LogP contribution in [0.1, 0.15) is 65.7 Å². The van der Waals surface area contributed by atoms with Crippen LogP contribution in [0, 0.1) is 23.2 Å². The fourth-order valence-corrected chi connectivity index (χ4v) is 4.17. The maximum absolute atomic E-state index is 12.8. The highest BCUT2D eigenvalue weighted by Gasteiger charge is 2.51. The number of esters is 2. The minimum absolute atomic E-state index is 0.0571. The molecule has 0 radical (unpaired) electrons. The van der Waals surface area contributed by atoms with Crippen molar-refractivity contribution in [2.24, 2.45) is 23.2 Å². The van der Waals surface area contributed by atoms with Gasteiger partial charge < -0.3 is 9.47 Å². The van der Waals surface area contributed by atoms with Crippen LogP contribution in [0.15, 0.2) is 0 Å². The lowest BCUT2D eigenvalue weighted by molar-refractivity contribution is -0.178. The maximum atomic E-state index is 12.8. The summed E-state index contributed by atoms with van der Waals surface area (Å²) in [6.45, 7) is 6.59. The molecular weight excluding hydrogens is 280 g/mol. The summed E-state index contributed by atoms with van der Waals surface area (Å²) >= 11 is 0. The number of hydrogen-bond acceptors (Lipinski definition) is 4. The second-order valence-electron chi connectivity index (χ2n) is 7.55. The molecule has 2 saturated carbocycles. The van der Waals surface area contributed by atoms with Gasteiger partial charge in [0, 0.05) is 0 Å². The number of methoxy groups -OCH3 is 1. The molecule has 2 fully saturated rings. The molecule has 0 saturated heterocycles. The van der Waals surface area contributed by atoms with E-state index in [2.05, 4.69) is 20.8 Å². The van der Waals surface area contributed by atoms with Gasteiger partial charge in [-0.2, -0.15) is 0 Å². The van der Waals surface area contributed by atoms with Crippen LogP contribution >= 0.6 is 0 Å². The van der Waals surface area contributed by atoms with Gasteiger partial charge in [-0.1, -0.05) is 40.0 Å². The molecule has 0 amide bonds. The van der Waals surface area contributed by atoms with Crippen LogP contribution in [0.5, 0.6) is 0 Å². The first-order valence-electron chi connectivity index (χ1n) is 8.70. The van der Waals surface area contributed by atoms with Gasteiger partial charge in [-0.05, 0) is 43.4 Å². The zero-order valence-electron chi connectivity index (χ0n) is 14.4. The van der Waals surface area contributed by atoms with Crippen molar-refractivity contribution in [2.75, 3.05) is 7.11 Å². The molecule has 0 aromatic rings. The second kappa shape index (κ2) is 7.01. The summed E-state index contributed by atoms with van der Waals surface area (Å²) in [5.41, 5.74) is -1.04. The Kier molecular flexibility index (Phi) is 5.51. The smallest absolute Gasteiger partial charge is 0.323 e. The average molecular weight is 310 g/mol. The van der Waals surface area contributed by atoms with Crippen LogP contribution < -0.4 is 0 Å². The zero-order chi connectivity index (χ0) is 16.3. The Bertz CT molecular complexity index is 409. The maximum Gasteiger partial charge on any atom is 0.323 e. The first-order valence-corrected chi connectivity index (χ1v) is 8.70. The summed E-state index contributed by atoms with van der Waals surface area (Å²) in [4.78, 5) is 25.0. The Balaban J connectivity index is 2.12. The fourth-order valence-electron chi connectivity index (χ4n) is 4.17. The lowest BCUT2D eigenvalue weighted by Gasteiger charge is -2.38. The quantitative estimate of drug-likeness (QED) is 0.586. The Hall–Kier alpha value is -1.06. The van der Waals surface area contributed by atoms with Crippen molar-refractivity contribution in [3.63, 3.8) is 0 Å². The highest BCUT2D eigenvalue weighted by Crippen LogP contribution is 2.43. The van der Waals surface area contributed by atoms with Gasteiger partial charge in [-0.15, -0.1) is 0 Å². The molecular formula is C18H30O4. The molecule has 2 aliphatic rings. The van der Waals surface area contributed by atoms with Crippen LogP contribution in [-0.4, -0.2) is 25.2 Å². The number of carbonyl (C=O) groups is 2. The highest BCUT2D eigenvalue weighted by atomic mass is 16.6. The van der Waals surface area contributed by atoms with Crippen molar-refractivity contribution >= 4 is 11.9 Å². The lowest BCUT2D eigenvalue weighted by atomic mass is 9.75. The van der Waals surface area contributed by atoms with Crippen LogP contribution in [0.25, 0.3) is 0 Å². The number of rotatable bonds is 4. The van der Waals surface area contributed by atoms with Crippen molar-refractivity contribution in [3.05, 3.63) is 0 Å². The molecule has 0 aromatic heterocycles. The molecule has 4 nitrogen and oxygen atoms in total. The van der Waals surface area contributed by atoms with E-state index in [9.17, 15) is 9.59 Å². The Morgan fingerprint density at radius 3 is 2.27 bits per heavy atom. The van der Waals surface area contributed by atoms with Crippen molar-refractivity contribution in [1.82, 2.24) is 0 Å². The first kappa shape index (κ1) is 17.3. The van der Waals surface area contributed by atoms with E-state index < -0.39 is 11.4 Å². The van der Waals surface area contributed by atoms with Crippen LogP contribution in [0.2, 0.25) is 0 Å². The molecule has 4 heteroatoms. The van der Waals surface area contributed by atoms with Crippen LogP contribution in [0.3, 0.4) is 0 Å². The fraction of sp³-hybridized carbons (Fsp3) is 0.889. The molecule has 126 valence electrons. The van der Waals surface area contributed by atoms with Crippen molar-refractivity contribution < 1.29 is 19.1 Å². The Morgan fingerprint density at radius 2 is 1.73 bits per heavy atom. The predicted molar refractivity (Wildman–Crippen MR) is 84.1 cm³/mol. The summed E-state index contributed by atoms with van der Waals surface area (Å²) < 4.78 is 10.8. The van der Waals surface area contributed by atoms with Gasteiger partial charge in [0.1, 0.15) is 6.10 Å². The molecule has 0 heterocycles. The monoisotopic (exact) mass is 310 g/mol. The topological polar surface area (TPSA) is 52.6 Å². The third-order valence-electron chi connectivity index (χ3n) is 5.64. The molecule has 0 N–H and O–H groups in total. The van der Waals surface area contributed by atoms with Crippen molar-refractivity contribution in [3.8, 4) is 0 Å². The minimum atomic E-state index is -1.04.